The Morgan fingerprint density at radius 3 is 1.73 bits per heavy atom. The predicted molar refractivity (Wildman–Crippen MR) is 227 cm³/mol. The van der Waals surface area contributed by atoms with Crippen molar-refractivity contribution in [2.45, 2.75) is 0 Å². The SMILES string of the molecule is c1ccc(-c2nc3c(ccc4oc5cc(-c6ccc(N(c7ccccc7)c7ccc(-c8cc9ccccc9c9ccccc89)cc7)cc6)ccc5c43)o2)cc1. The van der Waals surface area contributed by atoms with Crippen LogP contribution in [0.15, 0.2) is 203 Å². The van der Waals surface area contributed by atoms with Gasteiger partial charge in [0.1, 0.15) is 16.7 Å². The average molecular weight is 705 g/mol. The zero-order valence-electron chi connectivity index (χ0n) is 29.7. The van der Waals surface area contributed by atoms with Crippen LogP contribution in [0.4, 0.5) is 17.1 Å². The molecule has 0 saturated carbocycles. The molecule has 0 bridgehead atoms. The Labute approximate surface area is 317 Å². The predicted octanol–water partition coefficient (Wildman–Crippen LogP) is 14.5. The topological polar surface area (TPSA) is 42.4 Å². The molecule has 0 saturated heterocycles. The normalized spacial score (nSPS) is 11.6. The number of benzene rings is 9. The van der Waals surface area contributed by atoms with Gasteiger partial charge >= 0.3 is 0 Å². The van der Waals surface area contributed by atoms with Gasteiger partial charge in [0, 0.05) is 28.0 Å². The van der Waals surface area contributed by atoms with E-state index in [4.69, 9.17) is 13.8 Å². The molecule has 0 amide bonds. The molecule has 0 unspecified atom stereocenters. The fraction of sp³-hybridized carbons (Fsp3) is 0. The van der Waals surface area contributed by atoms with Crippen molar-refractivity contribution in [3.8, 4) is 33.7 Å². The highest BCUT2D eigenvalue weighted by molar-refractivity contribution is 6.17. The summed E-state index contributed by atoms with van der Waals surface area (Å²) in [6.45, 7) is 0. The van der Waals surface area contributed by atoms with E-state index >= 15 is 0 Å². The highest BCUT2D eigenvalue weighted by Gasteiger charge is 2.18. The second kappa shape index (κ2) is 12.6. The minimum absolute atomic E-state index is 0.605. The first-order valence-electron chi connectivity index (χ1n) is 18.5. The molecule has 0 N–H and O–H groups in total. The molecule has 0 fully saturated rings. The van der Waals surface area contributed by atoms with Crippen molar-refractivity contribution in [2.75, 3.05) is 4.90 Å². The summed E-state index contributed by atoms with van der Waals surface area (Å²) in [7, 11) is 0. The molecule has 11 aromatic rings. The maximum atomic E-state index is 6.41. The van der Waals surface area contributed by atoms with Crippen LogP contribution >= 0.6 is 0 Å². The van der Waals surface area contributed by atoms with Crippen molar-refractivity contribution < 1.29 is 8.83 Å². The first kappa shape index (κ1) is 31.1. The monoisotopic (exact) mass is 704 g/mol. The van der Waals surface area contributed by atoms with Crippen LogP contribution in [0, 0.1) is 0 Å². The third-order valence-electron chi connectivity index (χ3n) is 10.7. The zero-order chi connectivity index (χ0) is 36.3. The van der Waals surface area contributed by atoms with E-state index in [-0.39, 0.29) is 0 Å². The number of hydrogen-bond acceptors (Lipinski definition) is 4. The molecule has 0 radical (unpaired) electrons. The Hall–Kier alpha value is -7.43. The molecule has 2 aromatic heterocycles. The van der Waals surface area contributed by atoms with Crippen LogP contribution in [-0.4, -0.2) is 4.98 Å². The molecular weight excluding hydrogens is 673 g/mol. The molecule has 2 heterocycles. The van der Waals surface area contributed by atoms with Crippen molar-refractivity contribution in [3.63, 3.8) is 0 Å². The second-order valence-corrected chi connectivity index (χ2v) is 13.9. The molecule has 258 valence electrons. The smallest absolute Gasteiger partial charge is 0.227 e. The van der Waals surface area contributed by atoms with Crippen LogP contribution in [0.5, 0.6) is 0 Å². The number of nitrogens with zero attached hydrogens (tertiary/aromatic N) is 2. The van der Waals surface area contributed by atoms with E-state index in [1.165, 1.54) is 32.7 Å². The summed E-state index contributed by atoms with van der Waals surface area (Å²) in [6, 6.07) is 68.2. The second-order valence-electron chi connectivity index (χ2n) is 13.9. The van der Waals surface area contributed by atoms with Gasteiger partial charge in [0.05, 0.1) is 5.39 Å². The van der Waals surface area contributed by atoms with Gasteiger partial charge in [0.25, 0.3) is 0 Å². The van der Waals surface area contributed by atoms with Gasteiger partial charge in [0.15, 0.2) is 5.58 Å². The van der Waals surface area contributed by atoms with Crippen LogP contribution in [0.3, 0.4) is 0 Å². The number of rotatable bonds is 6. The first-order valence-corrected chi connectivity index (χ1v) is 18.5. The molecule has 9 aromatic carbocycles. The van der Waals surface area contributed by atoms with Gasteiger partial charge in [-0.3, -0.25) is 0 Å². The van der Waals surface area contributed by atoms with Gasteiger partial charge in [-0.05, 0) is 123 Å². The summed E-state index contributed by atoms with van der Waals surface area (Å²) in [5.41, 5.74) is 12.0. The van der Waals surface area contributed by atoms with Crippen LogP contribution in [-0.2, 0) is 0 Å². The quantitative estimate of drug-likeness (QED) is 0.162. The van der Waals surface area contributed by atoms with E-state index in [0.29, 0.717) is 5.89 Å². The van der Waals surface area contributed by atoms with Gasteiger partial charge in [-0.15, -0.1) is 0 Å². The number of anilines is 3. The highest BCUT2D eigenvalue weighted by atomic mass is 16.4. The number of oxazole rings is 1. The maximum Gasteiger partial charge on any atom is 0.227 e. The van der Waals surface area contributed by atoms with Crippen molar-refractivity contribution in [3.05, 3.63) is 194 Å². The first-order chi connectivity index (χ1) is 27.2. The minimum Gasteiger partial charge on any atom is -0.456 e. The molecule has 0 aliphatic carbocycles. The van der Waals surface area contributed by atoms with Crippen molar-refractivity contribution >= 4 is 71.6 Å². The highest BCUT2D eigenvalue weighted by Crippen LogP contribution is 2.41. The molecule has 55 heavy (non-hydrogen) atoms. The van der Waals surface area contributed by atoms with Gasteiger partial charge in [-0.2, -0.15) is 0 Å². The van der Waals surface area contributed by atoms with Gasteiger partial charge in [-0.25, -0.2) is 4.98 Å². The Kier molecular flexibility index (Phi) is 7.14. The third kappa shape index (κ3) is 5.26. The summed E-state index contributed by atoms with van der Waals surface area (Å²) in [4.78, 5) is 7.21. The molecule has 11 rings (SSSR count). The van der Waals surface area contributed by atoms with Crippen LogP contribution in [0.2, 0.25) is 0 Å². The summed E-state index contributed by atoms with van der Waals surface area (Å²) in [5.74, 6) is 0.605. The number of hydrogen-bond donors (Lipinski definition) is 0. The van der Waals surface area contributed by atoms with E-state index in [9.17, 15) is 0 Å². The lowest BCUT2D eigenvalue weighted by molar-refractivity contribution is 0.619. The summed E-state index contributed by atoms with van der Waals surface area (Å²) < 4.78 is 12.6. The minimum atomic E-state index is 0.605. The average Bonchev–Trinajstić information content (AvgIpc) is 3.86. The Balaban J connectivity index is 0.944. The molecule has 0 atom stereocenters. The largest absolute Gasteiger partial charge is 0.456 e. The third-order valence-corrected chi connectivity index (χ3v) is 10.7. The lowest BCUT2D eigenvalue weighted by Crippen LogP contribution is -2.09. The lowest BCUT2D eigenvalue weighted by Gasteiger charge is -2.26. The Bertz CT molecular complexity index is 3180. The van der Waals surface area contributed by atoms with Crippen molar-refractivity contribution in [1.29, 1.82) is 0 Å². The standard InChI is InChI=1S/C51H32N2O2/c1-3-11-35(12-4-1)51-52-50-47(55-51)30-29-46-49(50)44-28-23-36(32-48(44)54-46)33-19-24-39(25-20-33)53(38-14-5-2-6-15-38)40-26-21-34(22-27-40)45-31-37-13-7-8-16-41(37)42-17-9-10-18-43(42)45/h1-32H. The molecular formula is C51H32N2O2. The van der Waals surface area contributed by atoms with E-state index < -0.39 is 0 Å². The summed E-state index contributed by atoms with van der Waals surface area (Å²) in [6.07, 6.45) is 0. The van der Waals surface area contributed by atoms with Gasteiger partial charge in [0.2, 0.25) is 5.89 Å². The molecule has 0 aliphatic heterocycles. The summed E-state index contributed by atoms with van der Waals surface area (Å²) in [5, 5.41) is 7.04. The van der Waals surface area contributed by atoms with Gasteiger partial charge in [-0.1, -0.05) is 115 Å². The number of furan rings is 1. The maximum absolute atomic E-state index is 6.41. The van der Waals surface area contributed by atoms with Crippen molar-refractivity contribution in [1.82, 2.24) is 4.98 Å². The van der Waals surface area contributed by atoms with E-state index in [0.717, 1.165) is 66.8 Å². The molecule has 0 aliphatic rings. The Morgan fingerprint density at radius 2 is 0.964 bits per heavy atom. The molecule has 4 heteroatoms. The van der Waals surface area contributed by atoms with Crippen molar-refractivity contribution in [2.24, 2.45) is 0 Å². The number of para-hydroxylation sites is 1. The van der Waals surface area contributed by atoms with E-state index in [1.807, 2.05) is 42.5 Å². The summed E-state index contributed by atoms with van der Waals surface area (Å²) >= 11 is 0. The van der Waals surface area contributed by atoms with Crippen LogP contribution in [0.1, 0.15) is 0 Å². The van der Waals surface area contributed by atoms with E-state index in [1.54, 1.807) is 0 Å². The fourth-order valence-electron chi connectivity index (χ4n) is 8.05. The molecule has 0 spiro atoms. The number of fused-ring (bicyclic) bond motifs is 8. The number of aromatic nitrogens is 1. The fourth-order valence-corrected chi connectivity index (χ4v) is 8.05. The Morgan fingerprint density at radius 1 is 0.364 bits per heavy atom. The van der Waals surface area contributed by atoms with Crippen LogP contribution < -0.4 is 4.90 Å². The van der Waals surface area contributed by atoms with Crippen LogP contribution in [0.25, 0.3) is 88.3 Å². The zero-order valence-corrected chi connectivity index (χ0v) is 29.7. The van der Waals surface area contributed by atoms with E-state index in [2.05, 4.69) is 157 Å². The molecule has 4 nitrogen and oxygen atoms in total. The van der Waals surface area contributed by atoms with Gasteiger partial charge < -0.3 is 13.7 Å². The lowest BCUT2D eigenvalue weighted by atomic mass is 9.93.